The molecule has 0 amide bonds. The van der Waals surface area contributed by atoms with Crippen LogP contribution in [0.3, 0.4) is 0 Å². The van der Waals surface area contributed by atoms with Crippen LogP contribution in [0.25, 0.3) is 11.3 Å². The lowest BCUT2D eigenvalue weighted by atomic mass is 10.0. The van der Waals surface area contributed by atoms with E-state index < -0.39 is 12.5 Å². The number of hydrogen-bond acceptors (Lipinski definition) is 1. The van der Waals surface area contributed by atoms with E-state index in [1.54, 1.807) is 24.4 Å². The van der Waals surface area contributed by atoms with E-state index >= 15 is 0 Å². The molecule has 0 saturated carbocycles. The van der Waals surface area contributed by atoms with Crippen LogP contribution in [0.15, 0.2) is 36.5 Å². The molecule has 82 valence electrons. The van der Waals surface area contributed by atoms with Gasteiger partial charge in [-0.3, -0.25) is 4.98 Å². The molecule has 0 aliphatic carbocycles. The Morgan fingerprint density at radius 1 is 1.25 bits per heavy atom. The van der Waals surface area contributed by atoms with Gasteiger partial charge >= 0.3 is 0 Å². The van der Waals surface area contributed by atoms with E-state index in [4.69, 9.17) is 0 Å². The van der Waals surface area contributed by atoms with Crippen LogP contribution in [0.2, 0.25) is 0 Å². The molecule has 0 radical (unpaired) electrons. The van der Waals surface area contributed by atoms with Crippen LogP contribution in [0.4, 0.5) is 8.78 Å². The van der Waals surface area contributed by atoms with Crippen molar-refractivity contribution in [2.75, 3.05) is 0 Å². The van der Waals surface area contributed by atoms with Crippen LogP contribution in [0.5, 0.6) is 0 Å². The molecule has 16 heavy (non-hydrogen) atoms. The summed E-state index contributed by atoms with van der Waals surface area (Å²) in [5, 5.41) is 0. The molecule has 0 aliphatic rings. The number of rotatable bonds is 2. The molecule has 0 unspecified atom stereocenters. The van der Waals surface area contributed by atoms with Gasteiger partial charge in [0.05, 0.1) is 5.69 Å². The van der Waals surface area contributed by atoms with E-state index in [0.717, 1.165) is 5.56 Å². The minimum atomic E-state index is -0.654. The van der Waals surface area contributed by atoms with Gasteiger partial charge in [-0.2, -0.15) is 0 Å². The smallest absolute Gasteiger partial charge is 0.132 e. The molecule has 1 aromatic heterocycles. The fraction of sp³-hybridized carbons (Fsp3) is 0.154. The molecule has 0 spiro atoms. The summed E-state index contributed by atoms with van der Waals surface area (Å²) in [6.45, 7) is 1.21. The van der Waals surface area contributed by atoms with E-state index in [9.17, 15) is 8.78 Å². The molecule has 1 nitrogen and oxygen atoms in total. The average Bonchev–Trinajstić information content (AvgIpc) is 2.30. The van der Waals surface area contributed by atoms with Crippen molar-refractivity contribution in [1.29, 1.82) is 0 Å². The summed E-state index contributed by atoms with van der Waals surface area (Å²) in [6.07, 6.45) is 1.62. The van der Waals surface area contributed by atoms with Crippen molar-refractivity contribution in [1.82, 2.24) is 4.98 Å². The average molecular weight is 219 g/mol. The van der Waals surface area contributed by atoms with Crippen molar-refractivity contribution in [3.8, 4) is 11.3 Å². The number of hydrogen-bond donors (Lipinski definition) is 0. The van der Waals surface area contributed by atoms with Gasteiger partial charge in [-0.25, -0.2) is 8.78 Å². The Balaban J connectivity index is 2.53. The quantitative estimate of drug-likeness (QED) is 0.751. The lowest BCUT2D eigenvalue weighted by Crippen LogP contribution is -1.92. The minimum Gasteiger partial charge on any atom is -0.256 e. The third kappa shape index (κ3) is 1.94. The normalized spacial score (nSPS) is 10.4. The maximum absolute atomic E-state index is 13.7. The van der Waals surface area contributed by atoms with E-state index in [1.165, 1.54) is 6.07 Å². The molecule has 0 N–H and O–H groups in total. The standard InChI is InChI=1S/C13H11F2N/c1-9-3-2-6-16-13(9)11-5-4-10(8-14)7-12(11)15/h2-7H,8H2,1H3. The van der Waals surface area contributed by atoms with Crippen molar-refractivity contribution in [3.05, 3.63) is 53.5 Å². The van der Waals surface area contributed by atoms with E-state index in [1.807, 2.05) is 13.0 Å². The zero-order chi connectivity index (χ0) is 11.5. The second-order valence-corrected chi connectivity index (χ2v) is 3.62. The first kappa shape index (κ1) is 10.7. The third-order valence-electron chi connectivity index (χ3n) is 2.45. The number of aromatic nitrogens is 1. The molecule has 0 bridgehead atoms. The highest BCUT2D eigenvalue weighted by Crippen LogP contribution is 2.24. The van der Waals surface area contributed by atoms with Crippen molar-refractivity contribution in [2.24, 2.45) is 0 Å². The highest BCUT2D eigenvalue weighted by atomic mass is 19.1. The summed E-state index contributed by atoms with van der Waals surface area (Å²) in [7, 11) is 0. The molecule has 1 aromatic carbocycles. The summed E-state index contributed by atoms with van der Waals surface area (Å²) in [5.41, 5.74) is 2.25. The Hall–Kier alpha value is -1.77. The molecule has 0 aliphatic heterocycles. The molecule has 1 heterocycles. The van der Waals surface area contributed by atoms with E-state index in [2.05, 4.69) is 4.98 Å². The van der Waals surface area contributed by atoms with E-state index in [0.29, 0.717) is 16.8 Å². The second-order valence-electron chi connectivity index (χ2n) is 3.62. The van der Waals surface area contributed by atoms with Gasteiger partial charge in [0.1, 0.15) is 12.5 Å². The van der Waals surface area contributed by atoms with Gasteiger partial charge in [0.2, 0.25) is 0 Å². The van der Waals surface area contributed by atoms with Crippen LogP contribution in [-0.4, -0.2) is 4.98 Å². The lowest BCUT2D eigenvalue weighted by Gasteiger charge is -2.06. The van der Waals surface area contributed by atoms with Crippen LogP contribution in [-0.2, 0) is 6.67 Å². The predicted octanol–water partition coefficient (Wildman–Crippen LogP) is 3.67. The summed E-state index contributed by atoms with van der Waals surface area (Å²) in [6, 6.07) is 8.02. The van der Waals surface area contributed by atoms with Gasteiger partial charge in [-0.15, -0.1) is 0 Å². The van der Waals surface area contributed by atoms with Gasteiger partial charge in [-0.05, 0) is 36.2 Å². The highest BCUT2D eigenvalue weighted by molar-refractivity contribution is 5.63. The Morgan fingerprint density at radius 2 is 2.06 bits per heavy atom. The first-order chi connectivity index (χ1) is 7.72. The van der Waals surface area contributed by atoms with Gasteiger partial charge in [0, 0.05) is 11.8 Å². The first-order valence-corrected chi connectivity index (χ1v) is 4.98. The lowest BCUT2D eigenvalue weighted by molar-refractivity contribution is 0.482. The van der Waals surface area contributed by atoms with Crippen LogP contribution in [0, 0.1) is 12.7 Å². The second kappa shape index (κ2) is 4.39. The molecule has 0 saturated heterocycles. The largest absolute Gasteiger partial charge is 0.256 e. The van der Waals surface area contributed by atoms with Gasteiger partial charge < -0.3 is 0 Å². The Labute approximate surface area is 92.8 Å². The van der Waals surface area contributed by atoms with E-state index in [-0.39, 0.29) is 0 Å². The maximum Gasteiger partial charge on any atom is 0.132 e. The predicted molar refractivity (Wildman–Crippen MR) is 59.2 cm³/mol. The summed E-state index contributed by atoms with van der Waals surface area (Å²) in [4.78, 5) is 4.13. The molecule has 2 aromatic rings. The van der Waals surface area contributed by atoms with Crippen LogP contribution in [0.1, 0.15) is 11.1 Å². The van der Waals surface area contributed by atoms with Gasteiger partial charge in [-0.1, -0.05) is 12.1 Å². The molecule has 0 atom stereocenters. The van der Waals surface area contributed by atoms with Gasteiger partial charge in [0.15, 0.2) is 0 Å². The molecule has 0 fully saturated rings. The number of halogens is 2. The fourth-order valence-electron chi connectivity index (χ4n) is 1.60. The molecular formula is C13H11F2N. The van der Waals surface area contributed by atoms with Crippen molar-refractivity contribution in [3.63, 3.8) is 0 Å². The zero-order valence-electron chi connectivity index (χ0n) is 8.87. The number of pyridine rings is 1. The van der Waals surface area contributed by atoms with Crippen LogP contribution >= 0.6 is 0 Å². The molecule has 2 rings (SSSR count). The SMILES string of the molecule is Cc1cccnc1-c1ccc(CF)cc1F. The monoisotopic (exact) mass is 219 g/mol. The molecular weight excluding hydrogens is 208 g/mol. The number of nitrogens with zero attached hydrogens (tertiary/aromatic N) is 1. The Morgan fingerprint density at radius 3 is 2.69 bits per heavy atom. The highest BCUT2D eigenvalue weighted by Gasteiger charge is 2.09. The Bertz CT molecular complexity index is 509. The number of alkyl halides is 1. The molecule has 3 heteroatoms. The topological polar surface area (TPSA) is 12.9 Å². The summed E-state index contributed by atoms with van der Waals surface area (Å²) in [5.74, 6) is -0.433. The fourth-order valence-corrected chi connectivity index (χ4v) is 1.60. The number of aryl methyl sites for hydroxylation is 1. The van der Waals surface area contributed by atoms with Crippen molar-refractivity contribution < 1.29 is 8.78 Å². The van der Waals surface area contributed by atoms with Crippen molar-refractivity contribution in [2.45, 2.75) is 13.6 Å². The maximum atomic E-state index is 13.7. The zero-order valence-corrected chi connectivity index (χ0v) is 8.87. The third-order valence-corrected chi connectivity index (χ3v) is 2.45. The first-order valence-electron chi connectivity index (χ1n) is 4.98. The van der Waals surface area contributed by atoms with Crippen molar-refractivity contribution >= 4 is 0 Å². The van der Waals surface area contributed by atoms with Gasteiger partial charge in [0.25, 0.3) is 0 Å². The summed E-state index contributed by atoms with van der Waals surface area (Å²) < 4.78 is 26.0. The minimum absolute atomic E-state index is 0.342. The summed E-state index contributed by atoms with van der Waals surface area (Å²) >= 11 is 0. The number of benzene rings is 1. The van der Waals surface area contributed by atoms with Crippen LogP contribution < -0.4 is 0 Å². The Kier molecular flexibility index (Phi) is 2.95.